The van der Waals surface area contributed by atoms with Gasteiger partial charge < -0.3 is 5.11 Å². The topological polar surface area (TPSA) is 32.6 Å². The Hall–Kier alpha value is -0.730. The van der Waals surface area contributed by atoms with Crippen LogP contribution in [0.15, 0.2) is 17.1 Å². The summed E-state index contributed by atoms with van der Waals surface area (Å²) < 4.78 is 0. The smallest absolute Gasteiger partial charge is 0.143 e. The second-order valence-corrected chi connectivity index (χ2v) is 5.10. The van der Waals surface area contributed by atoms with E-state index in [-0.39, 0.29) is 16.3 Å². The average molecular weight is 246 g/mol. The summed E-state index contributed by atoms with van der Waals surface area (Å²) in [7, 11) is 0. The number of aromatic hydroxyl groups is 1. The Morgan fingerprint density at radius 2 is 1.87 bits per heavy atom. The van der Waals surface area contributed by atoms with Crippen molar-refractivity contribution in [2.75, 3.05) is 0 Å². The summed E-state index contributed by atoms with van der Waals surface area (Å²) in [5.41, 5.74) is 0.337. The standard InChI is InChI=1S/C11H13Cl2NO/c1-11(2,3)14-6-7-4-8(12)5-9(13)10(7)15/h4-6,15H,1-3H3. The fraction of sp³-hybridized carbons (Fsp3) is 0.364. The highest BCUT2D eigenvalue weighted by molar-refractivity contribution is 6.36. The SMILES string of the molecule is CC(C)(C)N=Cc1cc(Cl)cc(Cl)c1O. The van der Waals surface area contributed by atoms with Gasteiger partial charge in [-0.25, -0.2) is 0 Å². The van der Waals surface area contributed by atoms with Crippen LogP contribution in [0.5, 0.6) is 5.75 Å². The number of hydrogen-bond acceptors (Lipinski definition) is 2. The van der Waals surface area contributed by atoms with Gasteiger partial charge in [0.25, 0.3) is 0 Å². The van der Waals surface area contributed by atoms with Gasteiger partial charge in [0.1, 0.15) is 5.75 Å². The molecule has 1 aromatic rings. The van der Waals surface area contributed by atoms with Crippen molar-refractivity contribution in [3.05, 3.63) is 27.7 Å². The van der Waals surface area contributed by atoms with Crippen molar-refractivity contribution in [3.8, 4) is 5.75 Å². The van der Waals surface area contributed by atoms with Crippen LogP contribution in [0.4, 0.5) is 0 Å². The molecule has 0 amide bonds. The normalized spacial score (nSPS) is 12.3. The van der Waals surface area contributed by atoms with E-state index in [0.29, 0.717) is 10.6 Å². The molecule has 0 aliphatic rings. The predicted octanol–water partition coefficient (Wildman–Crippen LogP) is 3.92. The molecule has 0 aromatic heterocycles. The lowest BCUT2D eigenvalue weighted by Crippen LogP contribution is -2.09. The summed E-state index contributed by atoms with van der Waals surface area (Å²) >= 11 is 11.6. The van der Waals surface area contributed by atoms with Crippen molar-refractivity contribution in [1.29, 1.82) is 0 Å². The number of halogens is 2. The van der Waals surface area contributed by atoms with E-state index >= 15 is 0 Å². The first-order valence-electron chi connectivity index (χ1n) is 4.53. The molecule has 1 N–H and O–H groups in total. The van der Waals surface area contributed by atoms with Crippen LogP contribution in [-0.4, -0.2) is 16.9 Å². The molecule has 1 aromatic carbocycles. The maximum absolute atomic E-state index is 9.64. The molecule has 0 bridgehead atoms. The maximum atomic E-state index is 9.64. The van der Waals surface area contributed by atoms with E-state index in [9.17, 15) is 5.11 Å². The van der Waals surface area contributed by atoms with Gasteiger partial charge in [0.05, 0.1) is 10.6 Å². The molecule has 0 radical (unpaired) electrons. The summed E-state index contributed by atoms with van der Waals surface area (Å²) in [6.07, 6.45) is 1.58. The van der Waals surface area contributed by atoms with Gasteiger partial charge in [-0.05, 0) is 32.9 Å². The first-order chi connectivity index (χ1) is 6.79. The van der Waals surface area contributed by atoms with Crippen LogP contribution in [0.1, 0.15) is 26.3 Å². The molecule has 0 spiro atoms. The fourth-order valence-electron chi connectivity index (χ4n) is 0.947. The third kappa shape index (κ3) is 3.73. The van der Waals surface area contributed by atoms with E-state index in [0.717, 1.165) is 0 Å². The number of aliphatic imine (C=N–C) groups is 1. The number of hydrogen-bond donors (Lipinski definition) is 1. The van der Waals surface area contributed by atoms with Crippen molar-refractivity contribution in [1.82, 2.24) is 0 Å². The largest absolute Gasteiger partial charge is 0.506 e. The summed E-state index contributed by atoms with van der Waals surface area (Å²) in [6.45, 7) is 5.89. The lowest BCUT2D eigenvalue weighted by atomic mass is 10.1. The molecule has 0 unspecified atom stereocenters. The van der Waals surface area contributed by atoms with Crippen LogP contribution in [-0.2, 0) is 0 Å². The molecule has 2 nitrogen and oxygen atoms in total. The zero-order valence-electron chi connectivity index (χ0n) is 8.88. The molecule has 4 heteroatoms. The molecule has 0 fully saturated rings. The molecule has 0 atom stereocenters. The number of rotatable bonds is 1. The fourth-order valence-corrected chi connectivity index (χ4v) is 1.46. The molecule has 0 saturated carbocycles. The molecule has 82 valence electrons. The van der Waals surface area contributed by atoms with Crippen LogP contribution in [0, 0.1) is 0 Å². The average Bonchev–Trinajstić information content (AvgIpc) is 2.07. The minimum Gasteiger partial charge on any atom is -0.506 e. The number of phenols is 1. The quantitative estimate of drug-likeness (QED) is 0.748. The zero-order valence-corrected chi connectivity index (χ0v) is 10.4. The van der Waals surface area contributed by atoms with Crippen molar-refractivity contribution in [3.63, 3.8) is 0 Å². The van der Waals surface area contributed by atoms with Crippen LogP contribution in [0.2, 0.25) is 10.0 Å². The monoisotopic (exact) mass is 245 g/mol. The zero-order chi connectivity index (χ0) is 11.6. The lowest BCUT2D eigenvalue weighted by Gasteiger charge is -2.11. The van der Waals surface area contributed by atoms with E-state index in [1.807, 2.05) is 20.8 Å². The number of nitrogens with zero attached hydrogens (tertiary/aromatic N) is 1. The first kappa shape index (κ1) is 12.3. The van der Waals surface area contributed by atoms with Gasteiger partial charge in [0.2, 0.25) is 0 Å². The molecule has 15 heavy (non-hydrogen) atoms. The third-order valence-electron chi connectivity index (χ3n) is 1.65. The highest BCUT2D eigenvalue weighted by Gasteiger charge is 2.09. The molecule has 0 saturated heterocycles. The molecular formula is C11H13Cl2NO. The van der Waals surface area contributed by atoms with Crippen LogP contribution < -0.4 is 0 Å². The minimum absolute atomic E-state index is 0.00840. The predicted molar refractivity (Wildman–Crippen MR) is 65.5 cm³/mol. The van der Waals surface area contributed by atoms with Crippen molar-refractivity contribution < 1.29 is 5.11 Å². The molecule has 0 aliphatic carbocycles. The van der Waals surface area contributed by atoms with Gasteiger partial charge in [-0.3, -0.25) is 4.99 Å². The first-order valence-corrected chi connectivity index (χ1v) is 5.28. The Morgan fingerprint density at radius 3 is 2.40 bits per heavy atom. The number of phenolic OH excluding ortho intramolecular Hbond substituents is 1. The lowest BCUT2D eigenvalue weighted by molar-refractivity contribution is 0.474. The van der Waals surface area contributed by atoms with Gasteiger partial charge in [0.15, 0.2) is 0 Å². The van der Waals surface area contributed by atoms with Crippen LogP contribution >= 0.6 is 23.2 Å². The van der Waals surface area contributed by atoms with Gasteiger partial charge in [-0.1, -0.05) is 23.2 Å². The van der Waals surface area contributed by atoms with Gasteiger partial charge in [-0.15, -0.1) is 0 Å². The summed E-state index contributed by atoms with van der Waals surface area (Å²) in [5.74, 6) is 0.00840. The molecule has 0 heterocycles. The summed E-state index contributed by atoms with van der Waals surface area (Å²) in [4.78, 5) is 4.27. The van der Waals surface area contributed by atoms with E-state index in [4.69, 9.17) is 23.2 Å². The van der Waals surface area contributed by atoms with E-state index in [1.54, 1.807) is 12.3 Å². The number of benzene rings is 1. The molecular weight excluding hydrogens is 233 g/mol. The highest BCUT2D eigenvalue weighted by atomic mass is 35.5. The maximum Gasteiger partial charge on any atom is 0.143 e. The molecule has 0 aliphatic heterocycles. The second kappa shape index (κ2) is 4.42. The van der Waals surface area contributed by atoms with Crippen molar-refractivity contribution in [2.24, 2.45) is 4.99 Å². The highest BCUT2D eigenvalue weighted by Crippen LogP contribution is 2.30. The Bertz CT molecular complexity index is 394. The summed E-state index contributed by atoms with van der Waals surface area (Å²) in [5, 5.41) is 10.4. The minimum atomic E-state index is -0.193. The van der Waals surface area contributed by atoms with Crippen molar-refractivity contribution >= 4 is 29.4 Å². The Kier molecular flexibility index (Phi) is 3.63. The van der Waals surface area contributed by atoms with Crippen molar-refractivity contribution in [2.45, 2.75) is 26.3 Å². The van der Waals surface area contributed by atoms with Gasteiger partial charge in [0, 0.05) is 16.8 Å². The van der Waals surface area contributed by atoms with Gasteiger partial charge >= 0.3 is 0 Å². The third-order valence-corrected chi connectivity index (χ3v) is 2.15. The van der Waals surface area contributed by atoms with E-state index in [2.05, 4.69) is 4.99 Å². The Labute approximate surface area is 99.6 Å². The second-order valence-electron chi connectivity index (χ2n) is 4.25. The van der Waals surface area contributed by atoms with E-state index < -0.39 is 0 Å². The van der Waals surface area contributed by atoms with Crippen LogP contribution in [0.3, 0.4) is 0 Å². The molecule has 1 rings (SSSR count). The van der Waals surface area contributed by atoms with Crippen LogP contribution in [0.25, 0.3) is 0 Å². The summed E-state index contributed by atoms with van der Waals surface area (Å²) in [6, 6.07) is 3.12. The van der Waals surface area contributed by atoms with E-state index in [1.165, 1.54) is 6.07 Å². The van der Waals surface area contributed by atoms with Gasteiger partial charge in [-0.2, -0.15) is 0 Å². The Morgan fingerprint density at radius 1 is 1.27 bits per heavy atom. The Balaban J connectivity index is 3.10.